The molecule has 0 aromatic heterocycles. The molecule has 2 aromatic carbocycles. The van der Waals surface area contributed by atoms with Crippen LogP contribution in [0.15, 0.2) is 41.4 Å². The number of alkyl halides is 3. The summed E-state index contributed by atoms with van der Waals surface area (Å²) in [5.74, 6) is -0.880. The average Bonchev–Trinajstić information content (AvgIpc) is 2.47. The molecule has 0 unspecified atom stereocenters. The summed E-state index contributed by atoms with van der Waals surface area (Å²) < 4.78 is 37.3. The van der Waals surface area contributed by atoms with Crippen molar-refractivity contribution in [2.75, 3.05) is 0 Å². The average molecular weight is 344 g/mol. The SMILES string of the molecule is O=[N+]([O-])c1cc(Cl)cc(C=Nc2ccc(C(F)(F)F)cc2)c1[O-]. The Kier molecular flexibility index (Phi) is 4.55. The Morgan fingerprint density at radius 1 is 1.17 bits per heavy atom. The molecule has 2 rings (SSSR count). The molecule has 0 amide bonds. The highest BCUT2D eigenvalue weighted by molar-refractivity contribution is 6.31. The maximum Gasteiger partial charge on any atom is 0.416 e. The molecule has 120 valence electrons. The molecule has 0 aliphatic heterocycles. The zero-order valence-electron chi connectivity index (χ0n) is 11.2. The van der Waals surface area contributed by atoms with Crippen molar-refractivity contribution < 1.29 is 23.2 Å². The van der Waals surface area contributed by atoms with Gasteiger partial charge in [-0.1, -0.05) is 11.6 Å². The second kappa shape index (κ2) is 6.25. The van der Waals surface area contributed by atoms with Crippen molar-refractivity contribution in [3.63, 3.8) is 0 Å². The molecule has 0 fully saturated rings. The second-order valence-electron chi connectivity index (χ2n) is 4.40. The molecule has 0 aliphatic rings. The third-order valence-electron chi connectivity index (χ3n) is 2.81. The quantitative estimate of drug-likeness (QED) is 0.478. The first-order valence-electron chi connectivity index (χ1n) is 6.05. The normalized spacial score (nSPS) is 11.8. The molecule has 0 bridgehead atoms. The monoisotopic (exact) mass is 343 g/mol. The molecule has 0 aliphatic carbocycles. The van der Waals surface area contributed by atoms with Crippen molar-refractivity contribution in [1.82, 2.24) is 0 Å². The smallest absolute Gasteiger partial charge is 0.416 e. The van der Waals surface area contributed by atoms with Crippen LogP contribution >= 0.6 is 11.6 Å². The van der Waals surface area contributed by atoms with Crippen molar-refractivity contribution in [3.05, 3.63) is 62.7 Å². The van der Waals surface area contributed by atoms with Crippen molar-refractivity contribution in [2.45, 2.75) is 6.18 Å². The van der Waals surface area contributed by atoms with E-state index < -0.39 is 28.1 Å². The Balaban J connectivity index is 2.32. The Morgan fingerprint density at radius 2 is 1.78 bits per heavy atom. The standard InChI is InChI=1S/C14H8ClF3N2O3/c15-10-5-8(13(21)12(6-10)20(22)23)7-19-11-3-1-9(2-4-11)14(16,17)18/h1-7,21H/p-1. The molecule has 2 aromatic rings. The van der Waals surface area contributed by atoms with E-state index in [1.54, 1.807) is 0 Å². The van der Waals surface area contributed by atoms with Crippen LogP contribution in [-0.4, -0.2) is 11.1 Å². The number of hydrogen-bond acceptors (Lipinski definition) is 4. The highest BCUT2D eigenvalue weighted by Crippen LogP contribution is 2.32. The minimum absolute atomic E-state index is 0.0230. The van der Waals surface area contributed by atoms with Crippen molar-refractivity contribution >= 4 is 29.2 Å². The molecule has 9 heteroatoms. The van der Waals surface area contributed by atoms with Gasteiger partial charge in [-0.15, -0.1) is 0 Å². The number of hydrogen-bond donors (Lipinski definition) is 0. The Hall–Kier alpha value is -2.61. The minimum atomic E-state index is -4.46. The summed E-state index contributed by atoms with van der Waals surface area (Å²) in [6.07, 6.45) is -3.44. The van der Waals surface area contributed by atoms with Crippen LogP contribution in [0.25, 0.3) is 0 Å². The van der Waals surface area contributed by atoms with Crippen LogP contribution in [0.4, 0.5) is 24.5 Å². The predicted octanol–water partition coefficient (Wildman–Crippen LogP) is 4.09. The first kappa shape index (κ1) is 16.8. The molecule has 0 spiro atoms. The lowest BCUT2D eigenvalue weighted by molar-refractivity contribution is -0.398. The van der Waals surface area contributed by atoms with Crippen molar-refractivity contribution in [3.8, 4) is 5.75 Å². The largest absolute Gasteiger partial charge is 0.867 e. The number of benzene rings is 2. The second-order valence-corrected chi connectivity index (χ2v) is 4.84. The van der Waals surface area contributed by atoms with Gasteiger partial charge >= 0.3 is 6.18 Å². The Morgan fingerprint density at radius 3 is 2.30 bits per heavy atom. The zero-order chi connectivity index (χ0) is 17.2. The first-order valence-corrected chi connectivity index (χ1v) is 6.42. The summed E-state index contributed by atoms with van der Waals surface area (Å²) in [7, 11) is 0. The van der Waals surface area contributed by atoms with Crippen molar-refractivity contribution in [2.24, 2.45) is 4.99 Å². The van der Waals surface area contributed by atoms with Crippen LogP contribution in [0.3, 0.4) is 0 Å². The minimum Gasteiger partial charge on any atom is -0.867 e. The van der Waals surface area contributed by atoms with Crippen LogP contribution in [0.1, 0.15) is 11.1 Å². The van der Waals surface area contributed by atoms with E-state index >= 15 is 0 Å². The molecule has 0 heterocycles. The van der Waals surface area contributed by atoms with Crippen LogP contribution in [0.2, 0.25) is 5.02 Å². The van der Waals surface area contributed by atoms with E-state index in [4.69, 9.17) is 11.6 Å². The maximum absolute atomic E-state index is 12.4. The molecule has 23 heavy (non-hydrogen) atoms. The van der Waals surface area contributed by atoms with E-state index in [-0.39, 0.29) is 16.3 Å². The maximum atomic E-state index is 12.4. The van der Waals surface area contributed by atoms with Gasteiger partial charge in [0.25, 0.3) is 5.69 Å². The van der Waals surface area contributed by atoms with E-state index in [0.29, 0.717) is 0 Å². The number of nitro groups is 1. The fraction of sp³-hybridized carbons (Fsp3) is 0.0714. The fourth-order valence-corrected chi connectivity index (χ4v) is 1.93. The third kappa shape index (κ3) is 3.98. The molecule has 0 saturated heterocycles. The topological polar surface area (TPSA) is 78.6 Å². The van der Waals surface area contributed by atoms with Crippen LogP contribution in [0.5, 0.6) is 5.75 Å². The molecule has 0 atom stereocenters. The fourth-order valence-electron chi connectivity index (χ4n) is 1.71. The first-order chi connectivity index (χ1) is 10.7. The van der Waals surface area contributed by atoms with Gasteiger partial charge in [0, 0.05) is 17.3 Å². The molecule has 0 N–H and O–H groups in total. The number of halogens is 4. The number of nitrogens with zero attached hydrogens (tertiary/aromatic N) is 2. The Labute approximate surface area is 132 Å². The van der Waals surface area contributed by atoms with E-state index in [0.717, 1.165) is 36.5 Å². The van der Waals surface area contributed by atoms with Gasteiger partial charge in [0.05, 0.1) is 16.2 Å². The van der Waals surface area contributed by atoms with Gasteiger partial charge in [0.2, 0.25) is 0 Å². The Bertz CT molecular complexity index is 774. The van der Waals surface area contributed by atoms with Gasteiger partial charge in [-0.2, -0.15) is 13.2 Å². The zero-order valence-corrected chi connectivity index (χ0v) is 11.9. The lowest BCUT2D eigenvalue weighted by Crippen LogP contribution is -2.03. The van der Waals surface area contributed by atoms with Gasteiger partial charge in [-0.3, -0.25) is 15.1 Å². The van der Waals surface area contributed by atoms with Crippen LogP contribution in [-0.2, 0) is 6.18 Å². The third-order valence-corrected chi connectivity index (χ3v) is 3.03. The van der Waals surface area contributed by atoms with Gasteiger partial charge in [-0.05, 0) is 41.6 Å². The summed E-state index contributed by atoms with van der Waals surface area (Å²) >= 11 is 5.69. The number of aliphatic imine (C=N–C) groups is 1. The lowest BCUT2D eigenvalue weighted by atomic mass is 10.2. The number of rotatable bonds is 3. The van der Waals surface area contributed by atoms with Gasteiger partial charge in [-0.25, -0.2) is 0 Å². The van der Waals surface area contributed by atoms with Gasteiger partial charge < -0.3 is 5.11 Å². The van der Waals surface area contributed by atoms with Crippen LogP contribution < -0.4 is 5.11 Å². The van der Waals surface area contributed by atoms with E-state index in [1.807, 2.05) is 0 Å². The molecule has 5 nitrogen and oxygen atoms in total. The summed E-state index contributed by atoms with van der Waals surface area (Å²) in [6, 6.07) is 6.01. The predicted molar refractivity (Wildman–Crippen MR) is 76.3 cm³/mol. The van der Waals surface area contributed by atoms with E-state index in [9.17, 15) is 28.4 Å². The van der Waals surface area contributed by atoms with Gasteiger partial charge in [0.1, 0.15) is 0 Å². The number of nitro benzene ring substituents is 1. The molecule has 0 saturated carbocycles. The van der Waals surface area contributed by atoms with Crippen molar-refractivity contribution in [1.29, 1.82) is 0 Å². The summed E-state index contributed by atoms with van der Waals surface area (Å²) in [4.78, 5) is 13.7. The summed E-state index contributed by atoms with van der Waals surface area (Å²) in [5.41, 5.74) is -1.52. The summed E-state index contributed by atoms with van der Waals surface area (Å²) in [5, 5.41) is 22.5. The highest BCUT2D eigenvalue weighted by Gasteiger charge is 2.29. The van der Waals surface area contributed by atoms with Gasteiger partial charge in [0.15, 0.2) is 0 Å². The highest BCUT2D eigenvalue weighted by atomic mass is 35.5. The lowest BCUT2D eigenvalue weighted by Gasteiger charge is -2.10. The molecular weight excluding hydrogens is 337 g/mol. The molecule has 0 radical (unpaired) electrons. The van der Waals surface area contributed by atoms with E-state index in [2.05, 4.69) is 4.99 Å². The molecular formula is C14H7ClF3N2O3-. The van der Waals surface area contributed by atoms with E-state index in [1.165, 1.54) is 6.07 Å². The van der Waals surface area contributed by atoms with Crippen LogP contribution in [0, 0.1) is 10.1 Å². The summed E-state index contributed by atoms with van der Waals surface area (Å²) in [6.45, 7) is 0.